The third kappa shape index (κ3) is 4.34. The Balaban J connectivity index is 2.07. The Morgan fingerprint density at radius 1 is 1.10 bits per heavy atom. The van der Waals surface area contributed by atoms with Crippen molar-refractivity contribution in [3.8, 4) is 5.75 Å². The highest BCUT2D eigenvalue weighted by Crippen LogP contribution is 2.20. The molecule has 1 N–H and O–H groups in total. The van der Waals surface area contributed by atoms with Crippen LogP contribution >= 0.6 is 0 Å². The van der Waals surface area contributed by atoms with E-state index in [0.29, 0.717) is 19.6 Å². The van der Waals surface area contributed by atoms with E-state index in [1.54, 1.807) is 7.11 Å². The molecular weight excluding hydrogens is 266 g/mol. The van der Waals surface area contributed by atoms with E-state index in [9.17, 15) is 5.11 Å². The lowest BCUT2D eigenvalue weighted by molar-refractivity contribution is 0.172. The highest BCUT2D eigenvalue weighted by atomic mass is 16.5. The topological polar surface area (TPSA) is 45.8 Å². The monoisotopic (exact) mass is 289 g/mol. The summed E-state index contributed by atoms with van der Waals surface area (Å²) in [5.74, 6) is 2.79. The van der Waals surface area contributed by atoms with Crippen LogP contribution in [-0.4, -0.2) is 30.3 Å². The molecule has 4 nitrogen and oxygen atoms in total. The van der Waals surface area contributed by atoms with E-state index in [-0.39, 0.29) is 6.61 Å². The first kappa shape index (κ1) is 15.6. The van der Waals surface area contributed by atoms with Gasteiger partial charge in [-0.1, -0.05) is 25.1 Å². The largest absolute Gasteiger partial charge is 0.496 e. The van der Waals surface area contributed by atoms with Gasteiger partial charge in [0.05, 0.1) is 20.3 Å². The molecule has 4 heteroatoms. The summed E-state index contributed by atoms with van der Waals surface area (Å²) in [6, 6.07) is 12.0. The summed E-state index contributed by atoms with van der Waals surface area (Å²) in [6.45, 7) is 4.19. The summed E-state index contributed by atoms with van der Waals surface area (Å²) >= 11 is 0. The molecule has 0 radical (unpaired) electrons. The van der Waals surface area contributed by atoms with E-state index in [0.717, 1.165) is 29.3 Å². The Bertz CT molecular complexity index is 550. The van der Waals surface area contributed by atoms with Crippen LogP contribution in [0.3, 0.4) is 0 Å². The van der Waals surface area contributed by atoms with Gasteiger partial charge in [-0.15, -0.1) is 0 Å². The SMILES string of the molecule is CCc1ccc(CN(CCO)Cc2ccccc2OC)o1. The van der Waals surface area contributed by atoms with Gasteiger partial charge in [-0.05, 0) is 18.2 Å². The van der Waals surface area contributed by atoms with Gasteiger partial charge in [0.25, 0.3) is 0 Å². The van der Waals surface area contributed by atoms with Gasteiger partial charge >= 0.3 is 0 Å². The molecule has 0 atom stereocenters. The number of benzene rings is 1. The Morgan fingerprint density at radius 2 is 1.86 bits per heavy atom. The van der Waals surface area contributed by atoms with Crippen LogP contribution in [0.4, 0.5) is 0 Å². The summed E-state index contributed by atoms with van der Waals surface area (Å²) in [5, 5.41) is 9.27. The molecule has 0 amide bonds. The lowest BCUT2D eigenvalue weighted by Gasteiger charge is -2.21. The van der Waals surface area contributed by atoms with Crippen LogP contribution in [0, 0.1) is 0 Å². The molecule has 0 unspecified atom stereocenters. The van der Waals surface area contributed by atoms with Crippen LogP contribution in [0.5, 0.6) is 5.75 Å². The summed E-state index contributed by atoms with van der Waals surface area (Å²) in [5.41, 5.74) is 1.11. The maximum Gasteiger partial charge on any atom is 0.123 e. The molecule has 1 aromatic carbocycles. The zero-order valence-corrected chi connectivity index (χ0v) is 12.7. The zero-order chi connectivity index (χ0) is 15.1. The number of aliphatic hydroxyl groups excluding tert-OH is 1. The Hall–Kier alpha value is -1.78. The summed E-state index contributed by atoms with van der Waals surface area (Å²) in [4.78, 5) is 2.15. The smallest absolute Gasteiger partial charge is 0.123 e. The molecule has 0 fully saturated rings. The molecule has 21 heavy (non-hydrogen) atoms. The molecule has 0 saturated carbocycles. The lowest BCUT2D eigenvalue weighted by Crippen LogP contribution is -2.26. The predicted molar refractivity (Wildman–Crippen MR) is 82.3 cm³/mol. The first-order valence-corrected chi connectivity index (χ1v) is 7.29. The van der Waals surface area contributed by atoms with Crippen molar-refractivity contribution in [2.75, 3.05) is 20.3 Å². The number of rotatable bonds is 8. The van der Waals surface area contributed by atoms with Crippen molar-refractivity contribution in [3.63, 3.8) is 0 Å². The predicted octanol–water partition coefficient (Wildman–Crippen LogP) is 2.85. The molecule has 0 aliphatic heterocycles. The van der Waals surface area contributed by atoms with Crippen LogP contribution in [0.25, 0.3) is 0 Å². The number of hydrogen-bond acceptors (Lipinski definition) is 4. The van der Waals surface area contributed by atoms with Gasteiger partial charge in [0.15, 0.2) is 0 Å². The number of hydrogen-bond donors (Lipinski definition) is 1. The third-order valence-electron chi connectivity index (χ3n) is 3.45. The number of furan rings is 1. The standard InChI is InChI=1S/C17H23NO3/c1-3-15-8-9-16(21-15)13-18(10-11-19)12-14-6-4-5-7-17(14)20-2/h4-9,19H,3,10-13H2,1-2H3. The number of ether oxygens (including phenoxy) is 1. The van der Waals surface area contributed by atoms with E-state index < -0.39 is 0 Å². The molecule has 0 saturated heterocycles. The first-order valence-electron chi connectivity index (χ1n) is 7.29. The van der Waals surface area contributed by atoms with E-state index in [2.05, 4.69) is 11.8 Å². The molecule has 0 aliphatic rings. The van der Waals surface area contributed by atoms with Crippen molar-refractivity contribution < 1.29 is 14.3 Å². The van der Waals surface area contributed by atoms with Gasteiger partial charge in [-0.25, -0.2) is 0 Å². The Kier molecular flexibility index (Phi) is 5.84. The van der Waals surface area contributed by atoms with Gasteiger partial charge in [0, 0.05) is 25.1 Å². The van der Waals surface area contributed by atoms with E-state index in [1.807, 2.05) is 36.4 Å². The number of aliphatic hydroxyl groups is 1. The van der Waals surface area contributed by atoms with Crippen LogP contribution in [-0.2, 0) is 19.5 Å². The van der Waals surface area contributed by atoms with E-state index in [4.69, 9.17) is 9.15 Å². The fourth-order valence-electron chi connectivity index (χ4n) is 2.35. The Labute approximate surface area is 126 Å². The molecule has 0 spiro atoms. The molecule has 0 bridgehead atoms. The fraction of sp³-hybridized carbons (Fsp3) is 0.412. The number of methoxy groups -OCH3 is 1. The number of aryl methyl sites for hydroxylation is 1. The van der Waals surface area contributed by atoms with Gasteiger partial charge < -0.3 is 14.3 Å². The highest BCUT2D eigenvalue weighted by molar-refractivity contribution is 5.33. The molecule has 1 aromatic heterocycles. The Morgan fingerprint density at radius 3 is 2.52 bits per heavy atom. The van der Waals surface area contributed by atoms with E-state index >= 15 is 0 Å². The van der Waals surface area contributed by atoms with Crippen LogP contribution < -0.4 is 4.74 Å². The fourth-order valence-corrected chi connectivity index (χ4v) is 2.35. The molecule has 2 aromatic rings. The number of para-hydroxylation sites is 1. The average Bonchev–Trinajstić information content (AvgIpc) is 2.95. The lowest BCUT2D eigenvalue weighted by atomic mass is 10.2. The molecule has 1 heterocycles. The molecule has 114 valence electrons. The van der Waals surface area contributed by atoms with Crippen molar-refractivity contribution in [1.82, 2.24) is 4.90 Å². The second-order valence-corrected chi connectivity index (χ2v) is 4.97. The molecule has 0 aliphatic carbocycles. The van der Waals surface area contributed by atoms with Gasteiger partial charge in [-0.2, -0.15) is 0 Å². The van der Waals surface area contributed by atoms with Gasteiger partial charge in [-0.3, -0.25) is 4.90 Å². The van der Waals surface area contributed by atoms with Crippen molar-refractivity contribution in [2.24, 2.45) is 0 Å². The minimum absolute atomic E-state index is 0.122. The average molecular weight is 289 g/mol. The van der Waals surface area contributed by atoms with Crippen molar-refractivity contribution >= 4 is 0 Å². The first-order chi connectivity index (χ1) is 10.3. The third-order valence-corrected chi connectivity index (χ3v) is 3.45. The van der Waals surface area contributed by atoms with Crippen molar-refractivity contribution in [1.29, 1.82) is 0 Å². The maximum absolute atomic E-state index is 9.27. The normalized spacial score (nSPS) is 11.0. The number of nitrogens with zero attached hydrogens (tertiary/aromatic N) is 1. The second-order valence-electron chi connectivity index (χ2n) is 4.97. The minimum Gasteiger partial charge on any atom is -0.496 e. The van der Waals surface area contributed by atoms with Crippen LogP contribution in [0.15, 0.2) is 40.8 Å². The summed E-state index contributed by atoms with van der Waals surface area (Å²) < 4.78 is 11.1. The summed E-state index contributed by atoms with van der Waals surface area (Å²) in [6.07, 6.45) is 0.895. The van der Waals surface area contributed by atoms with Crippen molar-refractivity contribution in [3.05, 3.63) is 53.5 Å². The molecule has 2 rings (SSSR count). The van der Waals surface area contributed by atoms with Gasteiger partial charge in [0.1, 0.15) is 17.3 Å². The minimum atomic E-state index is 0.122. The zero-order valence-electron chi connectivity index (χ0n) is 12.7. The van der Waals surface area contributed by atoms with Gasteiger partial charge in [0.2, 0.25) is 0 Å². The summed E-state index contributed by atoms with van der Waals surface area (Å²) in [7, 11) is 1.68. The second kappa shape index (κ2) is 7.86. The highest BCUT2D eigenvalue weighted by Gasteiger charge is 2.12. The quantitative estimate of drug-likeness (QED) is 0.811. The van der Waals surface area contributed by atoms with E-state index in [1.165, 1.54) is 0 Å². The maximum atomic E-state index is 9.27. The van der Waals surface area contributed by atoms with Crippen LogP contribution in [0.2, 0.25) is 0 Å². The van der Waals surface area contributed by atoms with Crippen LogP contribution in [0.1, 0.15) is 24.0 Å². The molecular formula is C17H23NO3. The van der Waals surface area contributed by atoms with Crippen molar-refractivity contribution in [2.45, 2.75) is 26.4 Å².